The van der Waals surface area contributed by atoms with Crippen LogP contribution >= 0.6 is 11.6 Å². The number of aryl methyl sites for hydroxylation is 1. The molecule has 0 amide bonds. The quantitative estimate of drug-likeness (QED) is 0.917. The number of imidazole rings is 1. The Bertz CT molecular complexity index is 620. The molecule has 0 unspecified atom stereocenters. The molecule has 3 rings (SSSR count). The molecule has 0 radical (unpaired) electrons. The number of hydrogen-bond acceptors (Lipinski definition) is 2. The first-order chi connectivity index (χ1) is 9.63. The Balaban J connectivity index is 1.81. The Morgan fingerprint density at radius 1 is 1.45 bits per heavy atom. The maximum atomic E-state index is 13.8. The van der Waals surface area contributed by atoms with Crippen LogP contribution in [-0.4, -0.2) is 15.6 Å². The summed E-state index contributed by atoms with van der Waals surface area (Å²) in [7, 11) is 0. The number of nitrogens with zero attached hydrogens (tertiary/aromatic N) is 2. The molecule has 0 saturated heterocycles. The highest BCUT2D eigenvalue weighted by Gasteiger charge is 2.21. The fraction of sp³-hybridized carbons (Fsp3) is 0.400. The molecule has 106 valence electrons. The van der Waals surface area contributed by atoms with E-state index in [9.17, 15) is 4.39 Å². The summed E-state index contributed by atoms with van der Waals surface area (Å²) in [4.78, 5) is 4.33. The zero-order chi connectivity index (χ0) is 14.1. The van der Waals surface area contributed by atoms with Crippen LogP contribution < -0.4 is 5.32 Å². The van der Waals surface area contributed by atoms with Gasteiger partial charge in [-0.15, -0.1) is 0 Å². The van der Waals surface area contributed by atoms with Crippen molar-refractivity contribution in [2.24, 2.45) is 0 Å². The molecule has 20 heavy (non-hydrogen) atoms. The molecule has 0 atom stereocenters. The van der Waals surface area contributed by atoms with E-state index in [0.29, 0.717) is 23.2 Å². The van der Waals surface area contributed by atoms with E-state index in [1.807, 2.05) is 17.7 Å². The van der Waals surface area contributed by atoms with Crippen LogP contribution in [0, 0.1) is 12.7 Å². The summed E-state index contributed by atoms with van der Waals surface area (Å²) in [5.41, 5.74) is 1.67. The number of halogens is 2. The minimum Gasteiger partial charge on any atom is -0.326 e. The van der Waals surface area contributed by atoms with Crippen molar-refractivity contribution >= 4 is 11.6 Å². The fourth-order valence-corrected chi connectivity index (χ4v) is 2.44. The molecule has 1 aromatic carbocycles. The van der Waals surface area contributed by atoms with Crippen molar-refractivity contribution in [1.82, 2.24) is 14.9 Å². The van der Waals surface area contributed by atoms with Crippen molar-refractivity contribution in [2.45, 2.75) is 38.9 Å². The molecule has 3 nitrogen and oxygen atoms in total. The maximum Gasteiger partial charge on any atom is 0.128 e. The van der Waals surface area contributed by atoms with E-state index in [4.69, 9.17) is 11.6 Å². The van der Waals surface area contributed by atoms with Gasteiger partial charge >= 0.3 is 0 Å². The molecule has 1 aliphatic carbocycles. The van der Waals surface area contributed by atoms with Crippen molar-refractivity contribution in [3.8, 4) is 0 Å². The van der Waals surface area contributed by atoms with Crippen LogP contribution in [0.5, 0.6) is 0 Å². The second-order valence-corrected chi connectivity index (χ2v) is 5.71. The summed E-state index contributed by atoms with van der Waals surface area (Å²) >= 11 is 5.94. The van der Waals surface area contributed by atoms with Gasteiger partial charge in [0, 0.05) is 29.4 Å². The molecule has 1 aliphatic rings. The Labute approximate surface area is 122 Å². The third-order valence-corrected chi connectivity index (χ3v) is 3.86. The smallest absolute Gasteiger partial charge is 0.128 e. The van der Waals surface area contributed by atoms with Gasteiger partial charge in [-0.2, -0.15) is 0 Å². The number of nitrogens with one attached hydrogen (secondary N) is 1. The Kier molecular flexibility index (Phi) is 3.76. The predicted octanol–water partition coefficient (Wildman–Crippen LogP) is 3.28. The number of aromatic nitrogens is 2. The number of benzene rings is 1. The van der Waals surface area contributed by atoms with Crippen molar-refractivity contribution in [3.05, 3.63) is 52.3 Å². The zero-order valence-electron chi connectivity index (χ0n) is 11.4. The molecular formula is C15H17ClFN3. The van der Waals surface area contributed by atoms with E-state index in [1.54, 1.807) is 12.1 Å². The van der Waals surface area contributed by atoms with E-state index < -0.39 is 0 Å². The van der Waals surface area contributed by atoms with Gasteiger partial charge in [-0.3, -0.25) is 0 Å². The molecule has 0 aliphatic heterocycles. The SMILES string of the molecule is Cc1ncc(CNC2CC2)n1Cc1cc(Cl)ccc1F. The largest absolute Gasteiger partial charge is 0.326 e. The first-order valence-electron chi connectivity index (χ1n) is 6.82. The van der Waals surface area contributed by atoms with Crippen LogP contribution in [0.3, 0.4) is 0 Å². The summed E-state index contributed by atoms with van der Waals surface area (Å²) in [6.07, 6.45) is 4.35. The van der Waals surface area contributed by atoms with Gasteiger partial charge in [-0.05, 0) is 38.0 Å². The topological polar surface area (TPSA) is 29.9 Å². The van der Waals surface area contributed by atoms with Gasteiger partial charge in [0.05, 0.1) is 12.2 Å². The van der Waals surface area contributed by atoms with Gasteiger partial charge in [-0.25, -0.2) is 9.37 Å². The van der Waals surface area contributed by atoms with E-state index in [0.717, 1.165) is 18.1 Å². The van der Waals surface area contributed by atoms with E-state index in [2.05, 4.69) is 10.3 Å². The van der Waals surface area contributed by atoms with Gasteiger partial charge < -0.3 is 9.88 Å². The lowest BCUT2D eigenvalue weighted by atomic mass is 10.2. The third-order valence-electron chi connectivity index (χ3n) is 3.62. The van der Waals surface area contributed by atoms with Crippen molar-refractivity contribution in [3.63, 3.8) is 0 Å². The van der Waals surface area contributed by atoms with Crippen molar-refractivity contribution in [2.75, 3.05) is 0 Å². The van der Waals surface area contributed by atoms with E-state index >= 15 is 0 Å². The van der Waals surface area contributed by atoms with Crippen molar-refractivity contribution in [1.29, 1.82) is 0 Å². The Hall–Kier alpha value is -1.39. The van der Waals surface area contributed by atoms with Gasteiger partial charge in [0.15, 0.2) is 0 Å². The molecule has 1 saturated carbocycles. The van der Waals surface area contributed by atoms with E-state index in [1.165, 1.54) is 18.9 Å². The molecule has 5 heteroatoms. The highest BCUT2D eigenvalue weighted by Crippen LogP contribution is 2.21. The van der Waals surface area contributed by atoms with Crippen LogP contribution in [-0.2, 0) is 13.1 Å². The Morgan fingerprint density at radius 3 is 3.00 bits per heavy atom. The Morgan fingerprint density at radius 2 is 2.25 bits per heavy atom. The van der Waals surface area contributed by atoms with Gasteiger partial charge in [0.2, 0.25) is 0 Å². The summed E-state index contributed by atoms with van der Waals surface area (Å²) in [6, 6.07) is 5.29. The van der Waals surface area contributed by atoms with Gasteiger partial charge in [0.25, 0.3) is 0 Å². The lowest BCUT2D eigenvalue weighted by Crippen LogP contribution is -2.19. The van der Waals surface area contributed by atoms with Gasteiger partial charge in [0.1, 0.15) is 11.6 Å². The predicted molar refractivity (Wildman–Crippen MR) is 77.3 cm³/mol. The lowest BCUT2D eigenvalue weighted by molar-refractivity contribution is 0.582. The number of hydrogen-bond donors (Lipinski definition) is 1. The van der Waals surface area contributed by atoms with Crippen molar-refractivity contribution < 1.29 is 4.39 Å². The second kappa shape index (κ2) is 5.54. The highest BCUT2D eigenvalue weighted by atomic mass is 35.5. The van der Waals surface area contributed by atoms with Crippen LogP contribution in [0.2, 0.25) is 5.02 Å². The zero-order valence-corrected chi connectivity index (χ0v) is 12.1. The summed E-state index contributed by atoms with van der Waals surface area (Å²) in [6.45, 7) is 3.16. The van der Waals surface area contributed by atoms with Crippen LogP contribution in [0.15, 0.2) is 24.4 Å². The molecule has 1 heterocycles. The standard InChI is InChI=1S/C15H17ClFN3/c1-10-18-7-14(8-19-13-3-4-13)20(10)9-11-6-12(16)2-5-15(11)17/h2,5-7,13,19H,3-4,8-9H2,1H3. The number of rotatable bonds is 5. The molecular weight excluding hydrogens is 277 g/mol. The monoisotopic (exact) mass is 293 g/mol. The first kappa shape index (κ1) is 13.6. The van der Waals surface area contributed by atoms with Gasteiger partial charge in [-0.1, -0.05) is 11.6 Å². The molecule has 0 bridgehead atoms. The normalized spacial score (nSPS) is 14.8. The van der Waals surface area contributed by atoms with Crippen LogP contribution in [0.4, 0.5) is 4.39 Å². The average molecular weight is 294 g/mol. The highest BCUT2D eigenvalue weighted by molar-refractivity contribution is 6.30. The maximum absolute atomic E-state index is 13.8. The van der Waals surface area contributed by atoms with Crippen LogP contribution in [0.25, 0.3) is 0 Å². The summed E-state index contributed by atoms with van der Waals surface area (Å²) < 4.78 is 15.9. The lowest BCUT2D eigenvalue weighted by Gasteiger charge is -2.12. The molecule has 1 aromatic heterocycles. The molecule has 1 fully saturated rings. The minimum atomic E-state index is -0.233. The summed E-state index contributed by atoms with van der Waals surface area (Å²) in [5.74, 6) is 0.653. The molecule has 2 aromatic rings. The molecule has 1 N–H and O–H groups in total. The fourth-order valence-electron chi connectivity index (χ4n) is 2.24. The minimum absolute atomic E-state index is 0.233. The summed E-state index contributed by atoms with van der Waals surface area (Å²) in [5, 5.41) is 4.01. The van der Waals surface area contributed by atoms with Crippen LogP contribution in [0.1, 0.15) is 29.9 Å². The second-order valence-electron chi connectivity index (χ2n) is 5.27. The van der Waals surface area contributed by atoms with E-state index in [-0.39, 0.29) is 5.82 Å². The first-order valence-corrected chi connectivity index (χ1v) is 7.19. The average Bonchev–Trinajstić information content (AvgIpc) is 3.19. The molecule has 0 spiro atoms. The third kappa shape index (κ3) is 3.02.